The van der Waals surface area contributed by atoms with Crippen LogP contribution in [0.2, 0.25) is 0 Å². The van der Waals surface area contributed by atoms with Crippen molar-refractivity contribution in [2.24, 2.45) is 0 Å². The van der Waals surface area contributed by atoms with Crippen LogP contribution in [0.25, 0.3) is 50.5 Å². The Labute approximate surface area is 196 Å². The summed E-state index contributed by atoms with van der Waals surface area (Å²) in [5.74, 6) is 0.608. The zero-order valence-electron chi connectivity index (χ0n) is 18.2. The maximum absolute atomic E-state index is 12.7. The van der Waals surface area contributed by atoms with Crippen LogP contribution in [-0.4, -0.2) is 19.5 Å². The number of benzene rings is 3. The lowest BCUT2D eigenvalue weighted by Gasteiger charge is -2.09. The van der Waals surface area contributed by atoms with Gasteiger partial charge in [-0.1, -0.05) is 54.6 Å². The van der Waals surface area contributed by atoms with Crippen molar-refractivity contribution in [2.75, 3.05) is 0 Å². The molecule has 0 aliphatic carbocycles. The number of fused-ring (bicyclic) bond motifs is 1. The van der Waals surface area contributed by atoms with Gasteiger partial charge in [-0.05, 0) is 54.1 Å². The molecule has 6 aromatic rings. The lowest BCUT2D eigenvalue weighted by molar-refractivity contribution is 1.09. The van der Waals surface area contributed by atoms with Gasteiger partial charge in [0, 0.05) is 29.2 Å². The van der Waals surface area contributed by atoms with Crippen LogP contribution >= 0.6 is 0 Å². The molecule has 0 bridgehead atoms. The standard InChI is InChI=1S/C29H20N4O/c34-29-24(14-8-18-31-29)28-32-27-23(13-7-16-26(27)33(28)22-11-2-1-3-12-22)20-9-6-10-21(19-20)25-15-4-5-17-30-25/h1-19H,(H,31,34). The Kier molecular flexibility index (Phi) is 4.85. The van der Waals surface area contributed by atoms with Gasteiger partial charge < -0.3 is 4.98 Å². The zero-order chi connectivity index (χ0) is 22.9. The summed E-state index contributed by atoms with van der Waals surface area (Å²) in [6.45, 7) is 0. The summed E-state index contributed by atoms with van der Waals surface area (Å²) in [6, 6.07) is 34.0. The summed E-state index contributed by atoms with van der Waals surface area (Å²) in [5, 5.41) is 0. The Hall–Kier alpha value is -4.77. The van der Waals surface area contributed by atoms with E-state index in [1.165, 1.54) is 0 Å². The number of para-hydroxylation sites is 2. The van der Waals surface area contributed by atoms with Crippen LogP contribution in [0.15, 0.2) is 120 Å². The van der Waals surface area contributed by atoms with Crippen LogP contribution in [0.4, 0.5) is 0 Å². The Bertz CT molecular complexity index is 1670. The Morgan fingerprint density at radius 3 is 2.32 bits per heavy atom. The van der Waals surface area contributed by atoms with Crippen molar-refractivity contribution < 1.29 is 0 Å². The number of nitrogens with zero attached hydrogens (tertiary/aromatic N) is 3. The van der Waals surface area contributed by atoms with Crippen molar-refractivity contribution in [1.29, 1.82) is 0 Å². The number of hydrogen-bond donors (Lipinski definition) is 1. The fourth-order valence-corrected chi connectivity index (χ4v) is 4.33. The number of pyridine rings is 2. The molecule has 0 aliphatic heterocycles. The SMILES string of the molecule is O=c1[nH]cccc1-c1nc2c(-c3cccc(-c4ccccn4)c3)cccc2n1-c1ccccc1. The van der Waals surface area contributed by atoms with Crippen LogP contribution in [0.5, 0.6) is 0 Å². The monoisotopic (exact) mass is 440 g/mol. The number of imidazole rings is 1. The smallest absolute Gasteiger partial charge is 0.258 e. The number of H-pyrrole nitrogens is 1. The highest BCUT2D eigenvalue weighted by Crippen LogP contribution is 2.34. The molecule has 3 aromatic heterocycles. The van der Waals surface area contributed by atoms with Crippen molar-refractivity contribution >= 4 is 11.0 Å². The van der Waals surface area contributed by atoms with E-state index >= 15 is 0 Å². The van der Waals surface area contributed by atoms with Gasteiger partial charge in [-0.2, -0.15) is 0 Å². The summed E-state index contributed by atoms with van der Waals surface area (Å²) < 4.78 is 2.05. The van der Waals surface area contributed by atoms with E-state index < -0.39 is 0 Å². The molecule has 0 aliphatic rings. The van der Waals surface area contributed by atoms with Crippen LogP contribution < -0.4 is 5.56 Å². The molecule has 3 aromatic carbocycles. The maximum Gasteiger partial charge on any atom is 0.258 e. The Morgan fingerprint density at radius 2 is 1.50 bits per heavy atom. The molecule has 162 valence electrons. The van der Waals surface area contributed by atoms with E-state index in [-0.39, 0.29) is 5.56 Å². The third-order valence-corrected chi connectivity index (χ3v) is 5.89. The minimum absolute atomic E-state index is 0.173. The molecule has 0 saturated heterocycles. The summed E-state index contributed by atoms with van der Waals surface area (Å²) in [7, 11) is 0. The van der Waals surface area contributed by atoms with Crippen molar-refractivity contribution in [3.63, 3.8) is 0 Å². The van der Waals surface area contributed by atoms with Gasteiger partial charge in [-0.25, -0.2) is 4.98 Å². The highest BCUT2D eigenvalue weighted by molar-refractivity contribution is 5.96. The van der Waals surface area contributed by atoms with E-state index in [1.54, 1.807) is 18.5 Å². The fraction of sp³-hybridized carbons (Fsp3) is 0. The highest BCUT2D eigenvalue weighted by Gasteiger charge is 2.19. The number of nitrogens with one attached hydrogen (secondary N) is 1. The lowest BCUT2D eigenvalue weighted by Crippen LogP contribution is -2.10. The maximum atomic E-state index is 12.7. The second-order valence-electron chi connectivity index (χ2n) is 7.99. The van der Waals surface area contributed by atoms with E-state index in [2.05, 4.69) is 34.2 Å². The average Bonchev–Trinajstić information content (AvgIpc) is 3.29. The van der Waals surface area contributed by atoms with Gasteiger partial charge in [-0.15, -0.1) is 0 Å². The number of aromatic amines is 1. The number of hydrogen-bond acceptors (Lipinski definition) is 3. The highest BCUT2D eigenvalue weighted by atomic mass is 16.1. The summed E-state index contributed by atoms with van der Waals surface area (Å²) in [4.78, 5) is 25.0. The van der Waals surface area contributed by atoms with Gasteiger partial charge in [0.15, 0.2) is 5.82 Å². The van der Waals surface area contributed by atoms with Crippen LogP contribution in [-0.2, 0) is 0 Å². The number of aromatic nitrogens is 4. The van der Waals surface area contributed by atoms with Gasteiger partial charge in [0.25, 0.3) is 5.56 Å². The molecule has 1 N–H and O–H groups in total. The molecule has 0 radical (unpaired) electrons. The number of rotatable bonds is 4. The Morgan fingerprint density at radius 1 is 0.706 bits per heavy atom. The first-order valence-electron chi connectivity index (χ1n) is 11.1. The van der Waals surface area contributed by atoms with E-state index in [4.69, 9.17) is 4.98 Å². The van der Waals surface area contributed by atoms with Crippen molar-refractivity contribution in [2.45, 2.75) is 0 Å². The zero-order valence-corrected chi connectivity index (χ0v) is 18.2. The van der Waals surface area contributed by atoms with Gasteiger partial charge in [0.1, 0.15) is 0 Å². The minimum atomic E-state index is -0.173. The van der Waals surface area contributed by atoms with E-state index in [1.807, 2.05) is 77.4 Å². The van der Waals surface area contributed by atoms with Crippen molar-refractivity contribution in [1.82, 2.24) is 19.5 Å². The lowest BCUT2D eigenvalue weighted by atomic mass is 10.0. The topological polar surface area (TPSA) is 63.6 Å². The quantitative estimate of drug-likeness (QED) is 0.360. The van der Waals surface area contributed by atoms with Crippen molar-refractivity contribution in [3.8, 4) is 39.5 Å². The average molecular weight is 441 g/mol. The molecular formula is C29H20N4O. The fourth-order valence-electron chi connectivity index (χ4n) is 4.33. The second kappa shape index (κ2) is 8.30. The van der Waals surface area contributed by atoms with Gasteiger partial charge in [0.2, 0.25) is 0 Å². The molecule has 0 atom stereocenters. The molecule has 0 spiro atoms. The minimum Gasteiger partial charge on any atom is -0.328 e. The Balaban J connectivity index is 1.62. The third-order valence-electron chi connectivity index (χ3n) is 5.89. The van der Waals surface area contributed by atoms with Crippen LogP contribution in [0.3, 0.4) is 0 Å². The molecule has 0 fully saturated rings. The summed E-state index contributed by atoms with van der Waals surface area (Å²) >= 11 is 0. The summed E-state index contributed by atoms with van der Waals surface area (Å²) in [5.41, 5.74) is 7.07. The molecule has 3 heterocycles. The molecule has 5 heteroatoms. The van der Waals surface area contributed by atoms with Crippen LogP contribution in [0, 0.1) is 0 Å². The van der Waals surface area contributed by atoms with E-state index in [0.717, 1.165) is 39.1 Å². The second-order valence-corrected chi connectivity index (χ2v) is 7.99. The van der Waals surface area contributed by atoms with Gasteiger partial charge in [-0.3, -0.25) is 14.3 Å². The summed E-state index contributed by atoms with van der Waals surface area (Å²) in [6.07, 6.45) is 3.43. The first-order valence-corrected chi connectivity index (χ1v) is 11.1. The van der Waals surface area contributed by atoms with Crippen molar-refractivity contribution in [3.05, 3.63) is 126 Å². The molecule has 34 heavy (non-hydrogen) atoms. The van der Waals surface area contributed by atoms with Gasteiger partial charge >= 0.3 is 0 Å². The predicted octanol–water partition coefficient (Wildman–Crippen LogP) is 6.11. The van der Waals surface area contributed by atoms with Gasteiger partial charge in [0.05, 0.1) is 22.3 Å². The molecule has 6 rings (SSSR count). The molecular weight excluding hydrogens is 420 g/mol. The van der Waals surface area contributed by atoms with Crippen LogP contribution in [0.1, 0.15) is 0 Å². The molecule has 5 nitrogen and oxygen atoms in total. The predicted molar refractivity (Wildman–Crippen MR) is 136 cm³/mol. The van der Waals surface area contributed by atoms with E-state index in [9.17, 15) is 4.79 Å². The normalized spacial score (nSPS) is 11.1. The largest absolute Gasteiger partial charge is 0.328 e. The molecule has 0 saturated carbocycles. The first kappa shape index (κ1) is 19.9. The third kappa shape index (κ3) is 3.40. The first-order chi connectivity index (χ1) is 16.8. The van der Waals surface area contributed by atoms with E-state index in [0.29, 0.717) is 11.4 Å². The molecule has 0 amide bonds. The molecule has 0 unspecified atom stereocenters.